The minimum Gasteiger partial charge on any atom is -0.352 e. The van der Waals surface area contributed by atoms with Gasteiger partial charge in [-0.15, -0.1) is 0 Å². The molecule has 3 nitrogen and oxygen atoms in total. The van der Waals surface area contributed by atoms with Gasteiger partial charge in [-0.05, 0) is 50.4 Å². The summed E-state index contributed by atoms with van der Waals surface area (Å²) in [7, 11) is 0. The van der Waals surface area contributed by atoms with Crippen LogP contribution >= 0.6 is 0 Å². The average molecular weight is 328 g/mol. The van der Waals surface area contributed by atoms with Crippen molar-refractivity contribution < 1.29 is 18.0 Å². The van der Waals surface area contributed by atoms with Crippen LogP contribution in [0.4, 0.5) is 13.2 Å². The molecule has 1 aliphatic rings. The van der Waals surface area contributed by atoms with Crippen molar-refractivity contribution in [2.45, 2.75) is 51.4 Å². The molecule has 2 N–H and O–H groups in total. The van der Waals surface area contributed by atoms with E-state index in [-0.39, 0.29) is 23.9 Å². The highest BCUT2D eigenvalue weighted by Crippen LogP contribution is 2.29. The highest BCUT2D eigenvalue weighted by molar-refractivity contribution is 5.79. The van der Waals surface area contributed by atoms with E-state index in [0.29, 0.717) is 6.42 Å². The van der Waals surface area contributed by atoms with Crippen molar-refractivity contribution in [3.63, 3.8) is 0 Å². The van der Waals surface area contributed by atoms with Crippen LogP contribution in [-0.4, -0.2) is 24.5 Å². The van der Waals surface area contributed by atoms with Gasteiger partial charge in [0.2, 0.25) is 5.91 Å². The summed E-state index contributed by atoms with van der Waals surface area (Å²) >= 11 is 0. The van der Waals surface area contributed by atoms with Crippen molar-refractivity contribution in [1.29, 1.82) is 0 Å². The Balaban J connectivity index is 1.90. The summed E-state index contributed by atoms with van der Waals surface area (Å²) in [6, 6.07) is 5.37. The van der Waals surface area contributed by atoms with E-state index in [1.165, 1.54) is 12.1 Å². The second-order valence-electron chi connectivity index (χ2n) is 6.30. The second-order valence-corrected chi connectivity index (χ2v) is 6.30. The fourth-order valence-electron chi connectivity index (χ4n) is 2.84. The highest BCUT2D eigenvalue weighted by Gasteiger charge is 2.30. The maximum absolute atomic E-state index is 12.5. The predicted molar refractivity (Wildman–Crippen MR) is 82.9 cm³/mol. The average Bonchev–Trinajstić information content (AvgIpc) is 2.49. The van der Waals surface area contributed by atoms with Crippen molar-refractivity contribution in [1.82, 2.24) is 10.6 Å². The van der Waals surface area contributed by atoms with Crippen LogP contribution < -0.4 is 10.6 Å². The Morgan fingerprint density at radius 1 is 1.35 bits per heavy atom. The molecule has 3 atom stereocenters. The van der Waals surface area contributed by atoms with Crippen LogP contribution in [0.25, 0.3) is 0 Å². The minimum absolute atomic E-state index is 0.0505. The molecule has 1 saturated heterocycles. The molecule has 0 radical (unpaired) electrons. The van der Waals surface area contributed by atoms with Crippen molar-refractivity contribution in [3.8, 4) is 0 Å². The summed E-state index contributed by atoms with van der Waals surface area (Å²) < 4.78 is 37.6. The Labute approximate surface area is 134 Å². The van der Waals surface area contributed by atoms with Gasteiger partial charge in [0.05, 0.1) is 5.56 Å². The van der Waals surface area contributed by atoms with Crippen molar-refractivity contribution in [2.75, 3.05) is 6.54 Å². The third-order valence-corrected chi connectivity index (χ3v) is 4.36. The van der Waals surface area contributed by atoms with Crippen LogP contribution in [-0.2, 0) is 17.4 Å². The fourth-order valence-corrected chi connectivity index (χ4v) is 2.84. The predicted octanol–water partition coefficient (Wildman–Crippen LogP) is 3.14. The van der Waals surface area contributed by atoms with Gasteiger partial charge in [0.25, 0.3) is 0 Å². The van der Waals surface area contributed by atoms with Gasteiger partial charge in [-0.2, -0.15) is 13.2 Å². The molecule has 128 valence electrons. The third-order valence-electron chi connectivity index (χ3n) is 4.36. The summed E-state index contributed by atoms with van der Waals surface area (Å²) in [5.41, 5.74) is 0.0657. The van der Waals surface area contributed by atoms with Crippen LogP contribution in [0.5, 0.6) is 0 Å². The number of amides is 1. The van der Waals surface area contributed by atoms with Crippen molar-refractivity contribution >= 4 is 5.91 Å². The zero-order chi connectivity index (χ0) is 17.0. The number of hydrogen-bond acceptors (Lipinski definition) is 2. The lowest BCUT2D eigenvalue weighted by Gasteiger charge is -2.31. The summed E-state index contributed by atoms with van der Waals surface area (Å²) in [4.78, 5) is 12.3. The molecule has 1 aliphatic heterocycles. The molecule has 1 heterocycles. The molecule has 0 spiro atoms. The number of nitrogens with one attached hydrogen (secondary N) is 2. The molecule has 1 amide bonds. The van der Waals surface area contributed by atoms with Crippen LogP contribution in [0.2, 0.25) is 0 Å². The molecule has 1 fully saturated rings. The first kappa shape index (κ1) is 17.8. The molecule has 0 aliphatic carbocycles. The Hall–Kier alpha value is -1.56. The summed E-state index contributed by atoms with van der Waals surface area (Å²) in [5.74, 6) is -0.327. The second kappa shape index (κ2) is 7.34. The number of alkyl halides is 3. The van der Waals surface area contributed by atoms with E-state index >= 15 is 0 Å². The zero-order valence-corrected chi connectivity index (χ0v) is 13.4. The number of carbonyl (C=O) groups is 1. The van der Waals surface area contributed by atoms with Gasteiger partial charge in [-0.3, -0.25) is 4.79 Å². The lowest BCUT2D eigenvalue weighted by molar-refractivity contribution is -0.137. The molecule has 23 heavy (non-hydrogen) atoms. The smallest absolute Gasteiger partial charge is 0.352 e. The Bertz CT molecular complexity index is 528. The fraction of sp³-hybridized carbons (Fsp3) is 0.588. The Kier molecular flexibility index (Phi) is 5.68. The van der Waals surface area contributed by atoms with Crippen molar-refractivity contribution in [3.05, 3.63) is 35.4 Å². The normalized spacial score (nSPS) is 23.3. The summed E-state index contributed by atoms with van der Waals surface area (Å²) in [6.45, 7) is 4.81. The van der Waals surface area contributed by atoms with Crippen LogP contribution in [0.3, 0.4) is 0 Å². The monoisotopic (exact) mass is 328 g/mol. The SMILES string of the molecule is CC(Cc1ccc(C(F)(F)F)cc1)C(=O)NC1CCCNC1C. The first-order valence-electron chi connectivity index (χ1n) is 7.97. The number of piperidine rings is 1. The zero-order valence-electron chi connectivity index (χ0n) is 13.4. The summed E-state index contributed by atoms with van der Waals surface area (Å²) in [5, 5.41) is 6.37. The largest absolute Gasteiger partial charge is 0.416 e. The van der Waals surface area contributed by atoms with Gasteiger partial charge >= 0.3 is 6.18 Å². The molecular weight excluding hydrogens is 305 g/mol. The van der Waals surface area contributed by atoms with Crippen molar-refractivity contribution in [2.24, 2.45) is 5.92 Å². The molecule has 0 aromatic heterocycles. The van der Waals surface area contributed by atoms with Crippen LogP contribution in [0.1, 0.15) is 37.8 Å². The quantitative estimate of drug-likeness (QED) is 0.891. The number of benzene rings is 1. The third kappa shape index (κ3) is 4.96. The van der Waals surface area contributed by atoms with Gasteiger partial charge < -0.3 is 10.6 Å². The Morgan fingerprint density at radius 2 is 2.00 bits per heavy atom. The number of carbonyl (C=O) groups excluding carboxylic acids is 1. The van der Waals surface area contributed by atoms with Crippen LogP contribution in [0, 0.1) is 5.92 Å². The standard InChI is InChI=1S/C17H23F3N2O/c1-11(16(23)22-15-4-3-9-21-12(15)2)10-13-5-7-14(8-6-13)17(18,19)20/h5-8,11-12,15,21H,3-4,9-10H2,1-2H3,(H,22,23). The molecule has 0 saturated carbocycles. The van der Waals surface area contributed by atoms with E-state index in [2.05, 4.69) is 10.6 Å². The molecule has 1 aromatic rings. The molecular formula is C17H23F3N2O. The molecule has 0 bridgehead atoms. The lowest BCUT2D eigenvalue weighted by Crippen LogP contribution is -2.53. The first-order valence-corrected chi connectivity index (χ1v) is 7.97. The van der Waals surface area contributed by atoms with E-state index in [0.717, 1.165) is 37.1 Å². The van der Waals surface area contributed by atoms with Gasteiger partial charge in [-0.1, -0.05) is 19.1 Å². The maximum Gasteiger partial charge on any atom is 0.416 e. The summed E-state index contributed by atoms with van der Waals surface area (Å²) in [6.07, 6.45) is -1.92. The number of rotatable bonds is 4. The highest BCUT2D eigenvalue weighted by atomic mass is 19.4. The van der Waals surface area contributed by atoms with E-state index in [9.17, 15) is 18.0 Å². The number of hydrogen-bond donors (Lipinski definition) is 2. The van der Waals surface area contributed by atoms with E-state index in [1.54, 1.807) is 6.92 Å². The molecule has 6 heteroatoms. The van der Waals surface area contributed by atoms with E-state index < -0.39 is 11.7 Å². The topological polar surface area (TPSA) is 41.1 Å². The maximum atomic E-state index is 12.5. The minimum atomic E-state index is -4.33. The molecule has 2 rings (SSSR count). The van der Waals surface area contributed by atoms with Crippen LogP contribution in [0.15, 0.2) is 24.3 Å². The van der Waals surface area contributed by atoms with Gasteiger partial charge in [0.15, 0.2) is 0 Å². The lowest BCUT2D eigenvalue weighted by atomic mass is 9.96. The van der Waals surface area contributed by atoms with Gasteiger partial charge in [0, 0.05) is 18.0 Å². The molecule has 1 aromatic carbocycles. The first-order chi connectivity index (χ1) is 10.8. The molecule has 3 unspecified atom stereocenters. The Morgan fingerprint density at radius 3 is 2.57 bits per heavy atom. The van der Waals surface area contributed by atoms with E-state index in [4.69, 9.17) is 0 Å². The van der Waals surface area contributed by atoms with E-state index in [1.807, 2.05) is 6.92 Å². The number of halogens is 3. The van der Waals surface area contributed by atoms with Gasteiger partial charge in [0.1, 0.15) is 0 Å². The van der Waals surface area contributed by atoms with Gasteiger partial charge in [-0.25, -0.2) is 0 Å².